The Morgan fingerprint density at radius 2 is 2.03 bits per heavy atom. The smallest absolute Gasteiger partial charge is 0.276 e. The fourth-order valence-electron chi connectivity index (χ4n) is 3.20. The number of aryl methyl sites for hydroxylation is 3. The molecular weight excluding hydrogens is 414 g/mol. The molecule has 9 heteroatoms. The van der Waals surface area contributed by atoms with Gasteiger partial charge in [-0.15, -0.1) is 16.4 Å². The van der Waals surface area contributed by atoms with Gasteiger partial charge in [0.2, 0.25) is 0 Å². The van der Waals surface area contributed by atoms with E-state index in [-0.39, 0.29) is 5.91 Å². The highest BCUT2D eigenvalue weighted by Crippen LogP contribution is 2.26. The average Bonchev–Trinajstić information content (AvgIpc) is 3.52. The van der Waals surface area contributed by atoms with E-state index in [9.17, 15) is 4.79 Å². The van der Waals surface area contributed by atoms with Crippen LogP contribution in [0.5, 0.6) is 5.75 Å². The van der Waals surface area contributed by atoms with Gasteiger partial charge in [-0.2, -0.15) is 0 Å². The number of carbonyl (C=O) groups is 1. The van der Waals surface area contributed by atoms with Crippen LogP contribution in [0.1, 0.15) is 34.4 Å². The number of benzene rings is 1. The molecule has 1 N–H and O–H groups in total. The lowest BCUT2D eigenvalue weighted by Gasteiger charge is -2.07. The van der Waals surface area contributed by atoms with Crippen LogP contribution >= 0.6 is 11.3 Å². The molecule has 0 atom stereocenters. The molecule has 0 aliphatic carbocycles. The van der Waals surface area contributed by atoms with Crippen molar-refractivity contribution in [2.45, 2.75) is 33.2 Å². The topological polar surface area (TPSA) is 95.1 Å². The van der Waals surface area contributed by atoms with E-state index in [2.05, 4.69) is 20.6 Å². The molecule has 0 unspecified atom stereocenters. The molecule has 0 saturated carbocycles. The number of hydrogen-bond donors (Lipinski definition) is 1. The van der Waals surface area contributed by atoms with Crippen LogP contribution < -0.4 is 10.1 Å². The summed E-state index contributed by atoms with van der Waals surface area (Å²) in [5.41, 5.74) is 2.37. The summed E-state index contributed by atoms with van der Waals surface area (Å²) in [6.45, 7) is 4.55. The van der Waals surface area contributed by atoms with Gasteiger partial charge >= 0.3 is 0 Å². The van der Waals surface area contributed by atoms with Crippen LogP contribution in [0.3, 0.4) is 0 Å². The summed E-state index contributed by atoms with van der Waals surface area (Å²) in [7, 11) is 1.65. The molecule has 31 heavy (non-hydrogen) atoms. The second kappa shape index (κ2) is 9.13. The lowest BCUT2D eigenvalue weighted by Crippen LogP contribution is -2.14. The summed E-state index contributed by atoms with van der Waals surface area (Å²) >= 11 is 1.36. The second-order valence-corrected chi connectivity index (χ2v) is 7.82. The molecular formula is C22H23N5O3S. The number of nitrogens with zero attached hydrogens (tertiary/aromatic N) is 4. The monoisotopic (exact) mass is 437 g/mol. The maximum Gasteiger partial charge on any atom is 0.276 e. The molecule has 1 amide bonds. The minimum Gasteiger partial charge on any atom is -0.497 e. The number of ether oxygens (including phenoxy) is 1. The summed E-state index contributed by atoms with van der Waals surface area (Å²) in [5.74, 6) is 2.43. The zero-order chi connectivity index (χ0) is 21.8. The van der Waals surface area contributed by atoms with Crippen LogP contribution in [0.4, 0.5) is 5.82 Å². The number of thiazole rings is 1. The van der Waals surface area contributed by atoms with Crippen molar-refractivity contribution in [3.63, 3.8) is 0 Å². The van der Waals surface area contributed by atoms with Crippen molar-refractivity contribution >= 4 is 23.1 Å². The molecule has 0 bridgehead atoms. The van der Waals surface area contributed by atoms with Crippen molar-refractivity contribution in [1.29, 1.82) is 0 Å². The lowest BCUT2D eigenvalue weighted by molar-refractivity contribution is 0.102. The molecule has 0 fully saturated rings. The van der Waals surface area contributed by atoms with Crippen molar-refractivity contribution in [3.8, 4) is 16.5 Å². The number of carbonyl (C=O) groups excluding carboxylic acids is 1. The third-order valence-electron chi connectivity index (χ3n) is 4.86. The van der Waals surface area contributed by atoms with Gasteiger partial charge in [-0.1, -0.05) is 24.3 Å². The quantitative estimate of drug-likeness (QED) is 0.440. The largest absolute Gasteiger partial charge is 0.497 e. The highest BCUT2D eigenvalue weighted by molar-refractivity contribution is 7.13. The Bertz CT molecular complexity index is 1180. The first-order valence-corrected chi connectivity index (χ1v) is 10.8. The van der Waals surface area contributed by atoms with Crippen molar-refractivity contribution in [3.05, 3.63) is 64.5 Å². The molecule has 4 rings (SSSR count). The summed E-state index contributed by atoms with van der Waals surface area (Å²) in [6, 6.07) is 11.7. The number of methoxy groups -OCH3 is 1. The molecule has 4 aromatic rings. The van der Waals surface area contributed by atoms with Gasteiger partial charge in [-0.05, 0) is 49.6 Å². The van der Waals surface area contributed by atoms with E-state index in [0.29, 0.717) is 35.2 Å². The number of amides is 1. The Kier molecular flexibility index (Phi) is 6.13. The summed E-state index contributed by atoms with van der Waals surface area (Å²) in [5, 5.41) is 13.6. The van der Waals surface area contributed by atoms with E-state index < -0.39 is 0 Å². The van der Waals surface area contributed by atoms with Gasteiger partial charge in [0.1, 0.15) is 17.2 Å². The SMILES string of the molecule is CCc1c(NC(=O)c2csc(-c3ccc(C)o3)n2)nnn1CCc1ccc(OC)cc1. The van der Waals surface area contributed by atoms with Crippen LogP contribution in [0.15, 0.2) is 46.2 Å². The Balaban J connectivity index is 1.43. The molecule has 0 aliphatic heterocycles. The molecule has 1 aromatic carbocycles. The molecule has 0 saturated heterocycles. The minimum absolute atomic E-state index is 0.317. The van der Waals surface area contributed by atoms with Crippen LogP contribution in [0.2, 0.25) is 0 Å². The highest BCUT2D eigenvalue weighted by Gasteiger charge is 2.18. The maximum absolute atomic E-state index is 12.7. The van der Waals surface area contributed by atoms with Crippen LogP contribution in [0, 0.1) is 6.92 Å². The van der Waals surface area contributed by atoms with Gasteiger partial charge in [0.15, 0.2) is 16.6 Å². The Morgan fingerprint density at radius 3 is 2.71 bits per heavy atom. The van der Waals surface area contributed by atoms with Crippen LogP contribution in [-0.4, -0.2) is 33.0 Å². The van der Waals surface area contributed by atoms with E-state index in [4.69, 9.17) is 9.15 Å². The van der Waals surface area contributed by atoms with E-state index in [0.717, 1.165) is 23.6 Å². The van der Waals surface area contributed by atoms with Crippen LogP contribution in [-0.2, 0) is 19.4 Å². The molecule has 8 nitrogen and oxygen atoms in total. The number of furan rings is 1. The summed E-state index contributed by atoms with van der Waals surface area (Å²) in [6.07, 6.45) is 1.49. The first kappa shape index (κ1) is 20.8. The van der Waals surface area contributed by atoms with Gasteiger partial charge in [0, 0.05) is 11.9 Å². The predicted molar refractivity (Wildman–Crippen MR) is 119 cm³/mol. The number of nitrogens with one attached hydrogen (secondary N) is 1. The third-order valence-corrected chi connectivity index (χ3v) is 5.72. The third kappa shape index (κ3) is 4.66. The average molecular weight is 438 g/mol. The number of aromatic nitrogens is 4. The standard InChI is InChI=1S/C22H23N5O3S/c1-4-18-20(25-26-27(18)12-11-15-6-8-16(29-3)9-7-15)24-21(28)17-13-31-22(23-17)19-10-5-14(2)30-19/h5-10,13H,4,11-12H2,1-3H3,(H,24,28). The van der Waals surface area contributed by atoms with E-state index in [1.54, 1.807) is 12.5 Å². The summed E-state index contributed by atoms with van der Waals surface area (Å²) < 4.78 is 12.6. The van der Waals surface area contributed by atoms with Crippen molar-refractivity contribution in [1.82, 2.24) is 20.0 Å². The first-order chi connectivity index (χ1) is 15.1. The van der Waals surface area contributed by atoms with Gasteiger partial charge < -0.3 is 14.5 Å². The van der Waals surface area contributed by atoms with Crippen LogP contribution in [0.25, 0.3) is 10.8 Å². The Labute approximate surface area is 183 Å². The van der Waals surface area contributed by atoms with Gasteiger partial charge in [-0.3, -0.25) is 4.79 Å². The first-order valence-electron chi connectivity index (χ1n) is 9.96. The molecule has 0 aliphatic rings. The predicted octanol–water partition coefficient (Wildman–Crippen LogP) is 4.37. The van der Waals surface area contributed by atoms with Crippen molar-refractivity contribution in [2.75, 3.05) is 12.4 Å². The molecule has 0 radical (unpaired) electrons. The number of hydrogen-bond acceptors (Lipinski definition) is 7. The highest BCUT2D eigenvalue weighted by atomic mass is 32.1. The van der Waals surface area contributed by atoms with E-state index in [1.807, 2.05) is 54.9 Å². The maximum atomic E-state index is 12.7. The fraction of sp³-hybridized carbons (Fsp3) is 0.273. The zero-order valence-corrected chi connectivity index (χ0v) is 18.4. The molecule has 0 spiro atoms. The van der Waals surface area contributed by atoms with Gasteiger partial charge in [-0.25, -0.2) is 9.67 Å². The minimum atomic E-state index is -0.317. The fourth-order valence-corrected chi connectivity index (χ4v) is 3.96. The number of rotatable bonds is 8. The van der Waals surface area contributed by atoms with E-state index >= 15 is 0 Å². The Morgan fingerprint density at radius 1 is 1.23 bits per heavy atom. The summed E-state index contributed by atoms with van der Waals surface area (Å²) in [4.78, 5) is 17.1. The molecule has 3 aromatic heterocycles. The van der Waals surface area contributed by atoms with Gasteiger partial charge in [0.25, 0.3) is 5.91 Å². The second-order valence-electron chi connectivity index (χ2n) is 6.96. The lowest BCUT2D eigenvalue weighted by atomic mass is 10.1. The van der Waals surface area contributed by atoms with Crippen molar-refractivity contribution < 1.29 is 13.9 Å². The zero-order valence-electron chi connectivity index (χ0n) is 17.6. The molecule has 160 valence electrons. The van der Waals surface area contributed by atoms with E-state index in [1.165, 1.54) is 16.9 Å². The molecule has 3 heterocycles. The normalized spacial score (nSPS) is 10.9. The Hall–Kier alpha value is -3.46. The van der Waals surface area contributed by atoms with Crippen molar-refractivity contribution in [2.24, 2.45) is 0 Å². The van der Waals surface area contributed by atoms with Gasteiger partial charge in [0.05, 0.1) is 12.8 Å². The number of anilines is 1.